The monoisotopic (exact) mass is 316 g/mol. The Morgan fingerprint density at radius 3 is 2.19 bits per heavy atom. The molecule has 2 heterocycles. The maximum Gasteiger partial charge on any atom is 0.292 e. The van der Waals surface area contributed by atoms with E-state index in [0.717, 1.165) is 51.4 Å². The van der Waals surface area contributed by atoms with E-state index in [1.165, 1.54) is 19.3 Å². The van der Waals surface area contributed by atoms with Gasteiger partial charge in [0.2, 0.25) is 0 Å². The quantitative estimate of drug-likeness (QED) is 0.756. The van der Waals surface area contributed by atoms with Crippen molar-refractivity contribution in [2.75, 3.05) is 32.7 Å². The minimum atomic E-state index is -3.34. The van der Waals surface area contributed by atoms with E-state index in [1.54, 1.807) is 4.31 Å². The van der Waals surface area contributed by atoms with Gasteiger partial charge in [0.1, 0.15) is 0 Å². The van der Waals surface area contributed by atoms with E-state index in [2.05, 4.69) is 10.1 Å². The highest BCUT2D eigenvalue weighted by Crippen LogP contribution is 2.22. The molecule has 0 radical (unpaired) electrons. The molecule has 2 N–H and O–H groups in total. The van der Waals surface area contributed by atoms with Crippen LogP contribution in [0.1, 0.15) is 44.9 Å². The molecule has 0 spiro atoms. The van der Waals surface area contributed by atoms with Gasteiger partial charge in [-0.05, 0) is 51.0 Å². The molecule has 3 fully saturated rings. The summed E-state index contributed by atoms with van der Waals surface area (Å²) < 4.78 is 26.4. The van der Waals surface area contributed by atoms with Crippen molar-refractivity contribution in [2.24, 2.45) is 5.92 Å². The highest BCUT2D eigenvalue weighted by atomic mass is 32.2. The van der Waals surface area contributed by atoms with Crippen LogP contribution in [-0.2, 0) is 10.2 Å². The minimum Gasteiger partial charge on any atom is -0.314 e. The Balaban J connectivity index is 1.43. The molecule has 6 nitrogen and oxygen atoms in total. The van der Waals surface area contributed by atoms with E-state index < -0.39 is 10.2 Å². The van der Waals surface area contributed by atoms with Gasteiger partial charge in [0.25, 0.3) is 10.2 Å². The van der Waals surface area contributed by atoms with Crippen LogP contribution < -0.4 is 10.1 Å². The van der Waals surface area contributed by atoms with Crippen molar-refractivity contribution in [3.8, 4) is 0 Å². The minimum absolute atomic E-state index is 0.632. The maximum atomic E-state index is 12.4. The normalized spacial score (nSPS) is 27.0. The van der Waals surface area contributed by atoms with Crippen LogP contribution in [0.3, 0.4) is 0 Å². The van der Waals surface area contributed by atoms with Gasteiger partial charge in [-0.2, -0.15) is 12.7 Å². The van der Waals surface area contributed by atoms with Crippen molar-refractivity contribution in [3.63, 3.8) is 0 Å². The van der Waals surface area contributed by atoms with Crippen LogP contribution in [0.4, 0.5) is 0 Å². The average molecular weight is 316 g/mol. The van der Waals surface area contributed by atoms with Gasteiger partial charge < -0.3 is 5.32 Å². The summed E-state index contributed by atoms with van der Waals surface area (Å²) in [4.78, 5) is 2.76. The predicted molar refractivity (Wildman–Crippen MR) is 82.8 cm³/mol. The van der Waals surface area contributed by atoms with Crippen LogP contribution in [0.25, 0.3) is 0 Å². The van der Waals surface area contributed by atoms with Gasteiger partial charge in [-0.1, -0.05) is 6.42 Å². The van der Waals surface area contributed by atoms with Crippen LogP contribution >= 0.6 is 0 Å². The second kappa shape index (κ2) is 6.91. The highest BCUT2D eigenvalue weighted by molar-refractivity contribution is 7.87. The lowest BCUT2D eigenvalue weighted by Gasteiger charge is -2.34. The third-order valence-corrected chi connectivity index (χ3v) is 6.32. The van der Waals surface area contributed by atoms with Crippen LogP contribution in [0.15, 0.2) is 0 Å². The van der Waals surface area contributed by atoms with Crippen molar-refractivity contribution in [2.45, 2.75) is 51.0 Å². The summed E-state index contributed by atoms with van der Waals surface area (Å²) in [6, 6.07) is 0.743. The van der Waals surface area contributed by atoms with Crippen LogP contribution in [-0.4, -0.2) is 56.5 Å². The van der Waals surface area contributed by atoms with Gasteiger partial charge in [-0.15, -0.1) is 4.83 Å². The second-order valence-corrected chi connectivity index (χ2v) is 8.32. The standard InChI is InChI=1S/C14H28N4O2S/c19-21(20,16-17-8-2-1-3-9-17)18-10-6-13(7-11-18)12-15-14-4-5-14/h13-16H,1-12H2. The van der Waals surface area contributed by atoms with Gasteiger partial charge in [0.15, 0.2) is 0 Å². The summed E-state index contributed by atoms with van der Waals surface area (Å²) >= 11 is 0. The van der Waals surface area contributed by atoms with Gasteiger partial charge >= 0.3 is 0 Å². The number of hydrazine groups is 1. The molecule has 3 rings (SSSR count). The topological polar surface area (TPSA) is 64.7 Å². The molecule has 21 heavy (non-hydrogen) atoms. The first-order valence-corrected chi connectivity index (χ1v) is 9.83. The number of nitrogens with one attached hydrogen (secondary N) is 2. The molecular formula is C14H28N4O2S. The molecule has 2 saturated heterocycles. The molecule has 0 amide bonds. The molecule has 2 aliphatic heterocycles. The van der Waals surface area contributed by atoms with E-state index in [0.29, 0.717) is 19.0 Å². The molecule has 0 unspecified atom stereocenters. The molecule has 3 aliphatic rings. The van der Waals surface area contributed by atoms with Crippen LogP contribution in [0, 0.1) is 5.92 Å². The van der Waals surface area contributed by atoms with E-state index in [4.69, 9.17) is 0 Å². The van der Waals surface area contributed by atoms with Crippen LogP contribution in [0.2, 0.25) is 0 Å². The van der Waals surface area contributed by atoms with E-state index >= 15 is 0 Å². The number of piperidine rings is 2. The van der Waals surface area contributed by atoms with Crippen molar-refractivity contribution in [3.05, 3.63) is 0 Å². The molecule has 0 aromatic heterocycles. The van der Waals surface area contributed by atoms with Crippen molar-refractivity contribution >= 4 is 10.2 Å². The molecule has 0 bridgehead atoms. The van der Waals surface area contributed by atoms with Crippen molar-refractivity contribution < 1.29 is 8.42 Å². The summed E-state index contributed by atoms with van der Waals surface area (Å²) in [5.41, 5.74) is 0. The zero-order chi connectivity index (χ0) is 14.7. The Labute approximate surface area is 128 Å². The molecule has 122 valence electrons. The Bertz CT molecular complexity index is 424. The summed E-state index contributed by atoms with van der Waals surface area (Å²) in [5.74, 6) is 0.632. The maximum absolute atomic E-state index is 12.4. The molecule has 1 aliphatic carbocycles. The van der Waals surface area contributed by atoms with Gasteiger partial charge in [0, 0.05) is 32.2 Å². The number of hydrogen-bond donors (Lipinski definition) is 2. The Kier molecular flexibility index (Phi) is 5.16. The fraction of sp³-hybridized carbons (Fsp3) is 1.00. The van der Waals surface area contributed by atoms with E-state index in [9.17, 15) is 8.42 Å². The fourth-order valence-corrected chi connectivity index (χ4v) is 4.50. The Morgan fingerprint density at radius 2 is 1.57 bits per heavy atom. The average Bonchev–Trinajstić information content (AvgIpc) is 3.30. The lowest BCUT2D eigenvalue weighted by molar-refractivity contribution is 0.186. The number of nitrogens with zero attached hydrogens (tertiary/aromatic N) is 2. The fourth-order valence-electron chi connectivity index (χ4n) is 3.18. The first kappa shape index (κ1) is 15.7. The lowest BCUT2D eigenvalue weighted by Crippen LogP contribution is -2.53. The van der Waals surface area contributed by atoms with Crippen molar-refractivity contribution in [1.29, 1.82) is 0 Å². The molecule has 7 heteroatoms. The zero-order valence-electron chi connectivity index (χ0n) is 12.8. The summed E-state index contributed by atoms with van der Waals surface area (Å²) in [6.07, 6.45) is 7.94. The summed E-state index contributed by atoms with van der Waals surface area (Å²) in [6.45, 7) is 4.03. The third kappa shape index (κ3) is 4.63. The number of rotatable bonds is 6. The van der Waals surface area contributed by atoms with Gasteiger partial charge in [0.05, 0.1) is 0 Å². The predicted octanol–water partition coefficient (Wildman–Crippen LogP) is 0.686. The zero-order valence-corrected chi connectivity index (χ0v) is 13.6. The largest absolute Gasteiger partial charge is 0.314 e. The Hall–Kier alpha value is -0.210. The number of hydrogen-bond acceptors (Lipinski definition) is 4. The molecule has 0 aromatic carbocycles. The first-order valence-electron chi connectivity index (χ1n) is 8.39. The van der Waals surface area contributed by atoms with E-state index in [1.807, 2.05) is 5.01 Å². The summed E-state index contributed by atoms with van der Waals surface area (Å²) in [7, 11) is -3.34. The SMILES string of the molecule is O=S(=O)(NN1CCCCC1)N1CCC(CNC2CC2)CC1. The van der Waals surface area contributed by atoms with Crippen molar-refractivity contribution in [1.82, 2.24) is 19.5 Å². The van der Waals surface area contributed by atoms with Crippen LogP contribution in [0.5, 0.6) is 0 Å². The van der Waals surface area contributed by atoms with E-state index in [-0.39, 0.29) is 0 Å². The van der Waals surface area contributed by atoms with Gasteiger partial charge in [-0.3, -0.25) is 0 Å². The molecular weight excluding hydrogens is 288 g/mol. The molecule has 1 saturated carbocycles. The highest BCUT2D eigenvalue weighted by Gasteiger charge is 2.30. The second-order valence-electron chi connectivity index (χ2n) is 6.67. The third-order valence-electron chi connectivity index (χ3n) is 4.79. The summed E-state index contributed by atoms with van der Waals surface area (Å²) in [5, 5.41) is 5.41. The lowest BCUT2D eigenvalue weighted by atomic mass is 9.98. The Morgan fingerprint density at radius 1 is 0.905 bits per heavy atom. The molecule has 0 atom stereocenters. The van der Waals surface area contributed by atoms with Gasteiger partial charge in [-0.25, -0.2) is 5.01 Å². The molecule has 0 aromatic rings. The smallest absolute Gasteiger partial charge is 0.292 e. The first-order chi connectivity index (χ1) is 10.1.